The predicted octanol–water partition coefficient (Wildman–Crippen LogP) is 2.73. The first-order chi connectivity index (χ1) is 15.6. The quantitative estimate of drug-likeness (QED) is 0.529. The van der Waals surface area contributed by atoms with Crippen LogP contribution in [0.1, 0.15) is 38.9 Å². The van der Waals surface area contributed by atoms with Gasteiger partial charge in [0.25, 0.3) is 5.56 Å². The Morgan fingerprint density at radius 2 is 1.85 bits per heavy atom. The number of halogens is 3. The number of aromatic nitrogens is 4. The van der Waals surface area contributed by atoms with Crippen LogP contribution in [-0.2, 0) is 24.1 Å². The normalized spacial score (nSPS) is 11.8. The van der Waals surface area contributed by atoms with Crippen LogP contribution in [0.4, 0.5) is 24.7 Å². The molecule has 3 N–H and O–H groups in total. The second kappa shape index (κ2) is 9.51. The number of carbonyl (C=O) groups is 1. The topological polar surface area (TPSA) is 119 Å². The lowest BCUT2D eigenvalue weighted by Gasteiger charge is -2.25. The molecular weight excluding hydrogens is 441 g/mol. The number of imidazole rings is 1. The van der Waals surface area contributed by atoms with Crippen LogP contribution in [0.25, 0.3) is 11.0 Å². The van der Waals surface area contributed by atoms with E-state index in [4.69, 9.17) is 5.73 Å². The van der Waals surface area contributed by atoms with Crippen LogP contribution >= 0.6 is 0 Å². The summed E-state index contributed by atoms with van der Waals surface area (Å²) in [6, 6.07) is 5.95. The van der Waals surface area contributed by atoms with Gasteiger partial charge in [-0.2, -0.15) is 13.2 Å². The van der Waals surface area contributed by atoms with Crippen molar-refractivity contribution in [3.63, 3.8) is 0 Å². The number of carbonyl (C=O) groups excluding carboxylic acids is 1. The van der Waals surface area contributed by atoms with Gasteiger partial charge in [0.2, 0.25) is 11.7 Å². The van der Waals surface area contributed by atoms with Crippen molar-refractivity contribution in [1.29, 1.82) is 0 Å². The van der Waals surface area contributed by atoms with Gasteiger partial charge in [-0.25, -0.2) is 9.78 Å². The van der Waals surface area contributed by atoms with Gasteiger partial charge in [0, 0.05) is 13.1 Å². The Balaban J connectivity index is 2.12. The molecule has 0 atom stereocenters. The molecule has 0 aliphatic rings. The number of nitrogens with one attached hydrogen (secondary N) is 1. The van der Waals surface area contributed by atoms with Crippen molar-refractivity contribution in [1.82, 2.24) is 19.1 Å². The summed E-state index contributed by atoms with van der Waals surface area (Å²) in [5, 5.41) is 0. The van der Waals surface area contributed by atoms with Crippen molar-refractivity contribution in [2.45, 2.75) is 52.4 Å². The first kappa shape index (κ1) is 24.1. The van der Waals surface area contributed by atoms with Gasteiger partial charge < -0.3 is 15.2 Å². The second-order valence-electron chi connectivity index (χ2n) is 7.55. The van der Waals surface area contributed by atoms with Gasteiger partial charge in [0.15, 0.2) is 5.69 Å². The molecule has 0 unspecified atom stereocenters. The van der Waals surface area contributed by atoms with Crippen molar-refractivity contribution < 1.29 is 18.0 Å². The van der Waals surface area contributed by atoms with E-state index in [1.54, 1.807) is 19.1 Å². The van der Waals surface area contributed by atoms with Crippen LogP contribution in [0.3, 0.4) is 0 Å². The van der Waals surface area contributed by atoms with Gasteiger partial charge in [-0.1, -0.05) is 32.4 Å². The van der Waals surface area contributed by atoms with Crippen molar-refractivity contribution in [2.24, 2.45) is 0 Å². The summed E-state index contributed by atoms with van der Waals surface area (Å²) in [6.45, 7) is 3.19. The molecule has 0 radical (unpaired) electrons. The molecule has 2 heterocycles. The van der Waals surface area contributed by atoms with E-state index in [9.17, 15) is 27.6 Å². The monoisotopic (exact) mass is 466 g/mol. The summed E-state index contributed by atoms with van der Waals surface area (Å²) in [4.78, 5) is 44.9. The first-order valence-electron chi connectivity index (χ1n) is 10.6. The molecule has 1 aromatic carbocycles. The SMILES string of the molecule is CCCCN(C(=O)Cn1c(C(F)(F)F)nc2ccccc21)c1c(N)n(CCC)c(=O)[nH]c1=O. The molecule has 0 fully saturated rings. The number of nitrogens with zero attached hydrogens (tertiary/aromatic N) is 4. The fourth-order valence-electron chi connectivity index (χ4n) is 3.63. The van der Waals surface area contributed by atoms with Crippen LogP contribution in [0.2, 0.25) is 0 Å². The Morgan fingerprint density at radius 3 is 2.48 bits per heavy atom. The summed E-state index contributed by atoms with van der Waals surface area (Å²) in [6.07, 6.45) is -3.14. The van der Waals surface area contributed by atoms with Crippen LogP contribution in [0, 0.1) is 0 Å². The molecule has 178 valence electrons. The molecule has 0 aliphatic heterocycles. The van der Waals surface area contributed by atoms with Crippen LogP contribution < -0.4 is 21.9 Å². The molecule has 1 amide bonds. The molecule has 3 aromatic rings. The molecule has 12 heteroatoms. The number of nitrogens with two attached hydrogens (primary N) is 1. The number of hydrogen-bond acceptors (Lipinski definition) is 5. The highest BCUT2D eigenvalue weighted by atomic mass is 19.4. The molecule has 0 saturated carbocycles. The zero-order chi connectivity index (χ0) is 24.3. The third-order valence-corrected chi connectivity index (χ3v) is 5.17. The number of alkyl halides is 3. The largest absolute Gasteiger partial charge is 0.449 e. The lowest BCUT2D eigenvalue weighted by Crippen LogP contribution is -2.43. The summed E-state index contributed by atoms with van der Waals surface area (Å²) < 4.78 is 42.9. The summed E-state index contributed by atoms with van der Waals surface area (Å²) in [7, 11) is 0. The van der Waals surface area contributed by atoms with E-state index >= 15 is 0 Å². The number of aromatic amines is 1. The molecule has 0 bridgehead atoms. The minimum absolute atomic E-state index is 0.0426. The van der Waals surface area contributed by atoms with E-state index in [0.29, 0.717) is 19.3 Å². The van der Waals surface area contributed by atoms with Crippen LogP contribution in [0.15, 0.2) is 33.9 Å². The Morgan fingerprint density at radius 1 is 1.15 bits per heavy atom. The number of nitrogen functional groups attached to an aromatic ring is 1. The molecule has 2 aromatic heterocycles. The van der Waals surface area contributed by atoms with E-state index in [-0.39, 0.29) is 35.6 Å². The summed E-state index contributed by atoms with van der Waals surface area (Å²) >= 11 is 0. The number of hydrogen-bond donors (Lipinski definition) is 2. The number of amides is 1. The van der Waals surface area contributed by atoms with Gasteiger partial charge in [0.05, 0.1) is 11.0 Å². The Hall–Kier alpha value is -3.57. The third kappa shape index (κ3) is 4.78. The van der Waals surface area contributed by atoms with E-state index in [1.165, 1.54) is 12.1 Å². The number of rotatable bonds is 8. The molecule has 33 heavy (non-hydrogen) atoms. The Labute approximate surface area is 186 Å². The van der Waals surface area contributed by atoms with Crippen molar-refractivity contribution in [3.05, 3.63) is 50.9 Å². The smallest absolute Gasteiger partial charge is 0.383 e. The molecule has 3 rings (SSSR count). The summed E-state index contributed by atoms with van der Waals surface area (Å²) in [5.74, 6) is -2.21. The van der Waals surface area contributed by atoms with Crippen molar-refractivity contribution in [2.75, 3.05) is 17.2 Å². The predicted molar refractivity (Wildman–Crippen MR) is 118 cm³/mol. The van der Waals surface area contributed by atoms with Gasteiger partial charge in [-0.05, 0) is 25.0 Å². The number of anilines is 2. The maximum atomic E-state index is 13.7. The van der Waals surface area contributed by atoms with Gasteiger partial charge in [0.1, 0.15) is 12.4 Å². The number of para-hydroxylation sites is 2. The Kier molecular flexibility index (Phi) is 6.94. The molecule has 9 nitrogen and oxygen atoms in total. The standard InChI is InChI=1S/C21H25F3N6O3/c1-3-5-11-28(16-17(25)29(10-4-2)20(33)27-18(16)32)15(31)12-30-14-9-7-6-8-13(14)26-19(30)21(22,23)24/h6-9H,3-5,10-12,25H2,1-2H3,(H,27,32,33). The van der Waals surface area contributed by atoms with Crippen LogP contribution in [0.5, 0.6) is 0 Å². The van der Waals surface area contributed by atoms with E-state index in [1.807, 2.05) is 6.92 Å². The van der Waals surface area contributed by atoms with E-state index in [0.717, 1.165) is 14.0 Å². The number of H-pyrrole nitrogens is 1. The highest BCUT2D eigenvalue weighted by Crippen LogP contribution is 2.31. The molecule has 0 spiro atoms. The lowest BCUT2D eigenvalue weighted by atomic mass is 10.2. The first-order valence-corrected chi connectivity index (χ1v) is 10.6. The number of unbranched alkanes of at least 4 members (excludes halogenated alkanes) is 1. The second-order valence-corrected chi connectivity index (χ2v) is 7.55. The van der Waals surface area contributed by atoms with Crippen molar-refractivity contribution in [3.8, 4) is 0 Å². The fourth-order valence-corrected chi connectivity index (χ4v) is 3.63. The average molecular weight is 466 g/mol. The maximum Gasteiger partial charge on any atom is 0.449 e. The van der Waals surface area contributed by atoms with Gasteiger partial charge in [-0.15, -0.1) is 0 Å². The maximum absolute atomic E-state index is 13.7. The molecule has 0 saturated heterocycles. The van der Waals surface area contributed by atoms with Gasteiger partial charge in [-0.3, -0.25) is 19.1 Å². The minimum atomic E-state index is -4.79. The third-order valence-electron chi connectivity index (χ3n) is 5.17. The van der Waals surface area contributed by atoms with Crippen LogP contribution in [-0.4, -0.2) is 31.6 Å². The Bertz CT molecular complexity index is 1270. The highest BCUT2D eigenvalue weighted by molar-refractivity contribution is 5.96. The van der Waals surface area contributed by atoms with E-state index < -0.39 is 35.7 Å². The average Bonchev–Trinajstić information content (AvgIpc) is 3.12. The van der Waals surface area contributed by atoms with Gasteiger partial charge >= 0.3 is 11.9 Å². The number of fused-ring (bicyclic) bond motifs is 1. The zero-order valence-electron chi connectivity index (χ0n) is 18.3. The molecule has 0 aliphatic carbocycles. The zero-order valence-corrected chi connectivity index (χ0v) is 18.3. The van der Waals surface area contributed by atoms with E-state index in [2.05, 4.69) is 9.97 Å². The lowest BCUT2D eigenvalue weighted by molar-refractivity contribution is -0.147. The number of benzene rings is 1. The fraction of sp³-hybridized carbons (Fsp3) is 0.429. The molecular formula is C21H25F3N6O3. The highest BCUT2D eigenvalue weighted by Gasteiger charge is 2.38. The minimum Gasteiger partial charge on any atom is -0.383 e. The summed E-state index contributed by atoms with van der Waals surface area (Å²) in [5.41, 5.74) is 4.47. The van der Waals surface area contributed by atoms with Crippen molar-refractivity contribution >= 4 is 28.4 Å².